The number of rotatable bonds is 4. The summed E-state index contributed by atoms with van der Waals surface area (Å²) >= 11 is 1.44. The topological polar surface area (TPSA) is 49.3 Å². The van der Waals surface area contributed by atoms with Crippen molar-refractivity contribution in [1.82, 2.24) is 15.1 Å². The Morgan fingerprint density at radius 2 is 1.59 bits per heavy atom. The molecule has 1 amide bonds. The maximum absolute atomic E-state index is 13.9. The van der Waals surface area contributed by atoms with Crippen LogP contribution in [0.5, 0.6) is 0 Å². The van der Waals surface area contributed by atoms with Crippen LogP contribution in [0.25, 0.3) is 0 Å². The van der Waals surface area contributed by atoms with Crippen molar-refractivity contribution in [3.05, 3.63) is 76.1 Å². The molecule has 9 heteroatoms. The van der Waals surface area contributed by atoms with Gasteiger partial charge in [-0.25, -0.2) is 13.2 Å². The first-order chi connectivity index (χ1) is 14.0. The van der Waals surface area contributed by atoms with Gasteiger partial charge in [0.05, 0.1) is 0 Å². The Bertz CT molecular complexity index is 997. The predicted molar refractivity (Wildman–Crippen MR) is 104 cm³/mol. The highest BCUT2D eigenvalue weighted by molar-refractivity contribution is 7.15. The molecule has 2 aromatic carbocycles. The Morgan fingerprint density at radius 1 is 0.931 bits per heavy atom. The number of carbonyl (C=O) groups is 1. The molecule has 0 saturated carbocycles. The van der Waals surface area contributed by atoms with Gasteiger partial charge in [-0.05, 0) is 29.8 Å². The Labute approximate surface area is 169 Å². The van der Waals surface area contributed by atoms with Crippen molar-refractivity contribution in [3.63, 3.8) is 0 Å². The van der Waals surface area contributed by atoms with Crippen LogP contribution < -0.4 is 4.90 Å². The van der Waals surface area contributed by atoms with Gasteiger partial charge in [0.1, 0.15) is 28.0 Å². The first-order valence-electron chi connectivity index (χ1n) is 9.06. The summed E-state index contributed by atoms with van der Waals surface area (Å²) in [5, 5.41) is 9.93. The molecule has 3 aromatic rings. The highest BCUT2D eigenvalue weighted by Gasteiger charge is 2.27. The van der Waals surface area contributed by atoms with Crippen LogP contribution in [0.4, 0.5) is 18.3 Å². The van der Waals surface area contributed by atoms with Crippen molar-refractivity contribution < 1.29 is 18.0 Å². The smallest absolute Gasteiger partial charge is 0.259 e. The zero-order valence-corrected chi connectivity index (χ0v) is 16.1. The van der Waals surface area contributed by atoms with Crippen molar-refractivity contribution in [2.75, 3.05) is 31.1 Å². The van der Waals surface area contributed by atoms with Gasteiger partial charge < -0.3 is 9.80 Å². The van der Waals surface area contributed by atoms with E-state index < -0.39 is 23.1 Å². The average molecular weight is 418 g/mol. The quantitative estimate of drug-likeness (QED) is 0.651. The van der Waals surface area contributed by atoms with E-state index in [0.29, 0.717) is 32.6 Å². The first-order valence-corrected chi connectivity index (χ1v) is 9.88. The van der Waals surface area contributed by atoms with Crippen molar-refractivity contribution in [3.8, 4) is 0 Å². The van der Waals surface area contributed by atoms with Crippen LogP contribution in [0.1, 0.15) is 20.9 Å². The maximum Gasteiger partial charge on any atom is 0.259 e. The molecule has 0 aliphatic carbocycles. The zero-order chi connectivity index (χ0) is 20.4. The van der Waals surface area contributed by atoms with Crippen LogP contribution in [-0.4, -0.2) is 47.2 Å². The van der Waals surface area contributed by atoms with Gasteiger partial charge >= 0.3 is 0 Å². The van der Waals surface area contributed by atoms with E-state index in [4.69, 9.17) is 0 Å². The average Bonchev–Trinajstić information content (AvgIpc) is 3.18. The van der Waals surface area contributed by atoms with E-state index in [-0.39, 0.29) is 5.82 Å². The number of hydrogen-bond acceptors (Lipinski definition) is 5. The summed E-state index contributed by atoms with van der Waals surface area (Å²) in [6, 6.07) is 9.63. The van der Waals surface area contributed by atoms with Crippen molar-refractivity contribution >= 4 is 22.4 Å². The molecule has 1 saturated heterocycles. The normalized spacial score (nSPS) is 14.3. The summed E-state index contributed by atoms with van der Waals surface area (Å²) < 4.78 is 40.7. The Balaban J connectivity index is 1.38. The predicted octanol–water partition coefficient (Wildman–Crippen LogP) is 3.51. The fraction of sp³-hybridized carbons (Fsp3) is 0.250. The van der Waals surface area contributed by atoms with Crippen LogP contribution in [0.2, 0.25) is 0 Å². The second kappa shape index (κ2) is 8.20. The monoisotopic (exact) mass is 418 g/mol. The fourth-order valence-corrected chi connectivity index (χ4v) is 4.11. The van der Waals surface area contributed by atoms with Gasteiger partial charge in [-0.3, -0.25) is 4.79 Å². The van der Waals surface area contributed by atoms with E-state index in [2.05, 4.69) is 10.2 Å². The molecule has 1 fully saturated rings. The number of carbonyl (C=O) groups excluding carboxylic acids is 1. The second-order valence-corrected chi connectivity index (χ2v) is 7.70. The number of benzene rings is 2. The summed E-state index contributed by atoms with van der Waals surface area (Å²) in [5.41, 5.74) is 0.426. The van der Waals surface area contributed by atoms with Gasteiger partial charge in [-0.1, -0.05) is 29.5 Å². The zero-order valence-electron chi connectivity index (χ0n) is 15.3. The standard InChI is InChI=1S/C20H17F3N4OS/c21-14-6-4-13(5-7-14)12-17-24-25-20(29-17)27-10-8-26(9-11-27)19(28)18-15(22)2-1-3-16(18)23/h1-7H,8-12H2. The number of anilines is 1. The van der Waals surface area contributed by atoms with Crippen LogP contribution in [0, 0.1) is 17.5 Å². The lowest BCUT2D eigenvalue weighted by Crippen LogP contribution is -2.49. The fourth-order valence-electron chi connectivity index (χ4n) is 3.18. The Hall–Kier alpha value is -2.94. The van der Waals surface area contributed by atoms with Gasteiger partial charge in [0, 0.05) is 32.6 Å². The van der Waals surface area contributed by atoms with E-state index in [1.54, 1.807) is 12.1 Å². The van der Waals surface area contributed by atoms with Crippen molar-refractivity contribution in [2.24, 2.45) is 0 Å². The minimum absolute atomic E-state index is 0.283. The highest BCUT2D eigenvalue weighted by Crippen LogP contribution is 2.24. The molecule has 1 aromatic heterocycles. The molecule has 1 aliphatic rings. The Morgan fingerprint density at radius 3 is 2.24 bits per heavy atom. The molecule has 0 unspecified atom stereocenters. The molecule has 1 aliphatic heterocycles. The number of halogens is 3. The van der Waals surface area contributed by atoms with E-state index in [1.165, 1.54) is 34.4 Å². The largest absolute Gasteiger partial charge is 0.343 e. The number of amides is 1. The number of aromatic nitrogens is 2. The Kier molecular flexibility index (Phi) is 5.48. The lowest BCUT2D eigenvalue weighted by Gasteiger charge is -2.34. The second-order valence-electron chi connectivity index (χ2n) is 6.66. The number of piperazine rings is 1. The lowest BCUT2D eigenvalue weighted by atomic mass is 10.1. The SMILES string of the molecule is O=C(c1c(F)cccc1F)N1CCN(c2nnc(Cc3ccc(F)cc3)s2)CC1. The number of nitrogens with zero attached hydrogens (tertiary/aromatic N) is 4. The minimum Gasteiger partial charge on any atom is -0.343 e. The van der Waals surface area contributed by atoms with Gasteiger partial charge in [-0.15, -0.1) is 10.2 Å². The molecule has 29 heavy (non-hydrogen) atoms. The first kappa shape index (κ1) is 19.4. The summed E-state index contributed by atoms with van der Waals surface area (Å²) in [4.78, 5) is 15.9. The van der Waals surface area contributed by atoms with Gasteiger partial charge in [0.2, 0.25) is 5.13 Å². The molecule has 2 heterocycles. The van der Waals surface area contributed by atoms with E-state index >= 15 is 0 Å². The third kappa shape index (κ3) is 4.24. The molecule has 0 bridgehead atoms. The highest BCUT2D eigenvalue weighted by atomic mass is 32.1. The summed E-state index contributed by atoms with van der Waals surface area (Å²) in [6.45, 7) is 1.65. The van der Waals surface area contributed by atoms with Crippen LogP contribution in [0.3, 0.4) is 0 Å². The summed E-state index contributed by atoms with van der Waals surface area (Å²) in [7, 11) is 0. The molecule has 0 radical (unpaired) electrons. The van der Waals surface area contributed by atoms with Crippen LogP contribution >= 0.6 is 11.3 Å². The summed E-state index contributed by atoms with van der Waals surface area (Å²) in [6.07, 6.45) is 0.558. The number of hydrogen-bond donors (Lipinski definition) is 0. The lowest BCUT2D eigenvalue weighted by molar-refractivity contribution is 0.0737. The third-order valence-corrected chi connectivity index (χ3v) is 5.72. The van der Waals surface area contributed by atoms with Crippen molar-refractivity contribution in [1.29, 1.82) is 0 Å². The van der Waals surface area contributed by atoms with Gasteiger partial charge in [0.25, 0.3) is 5.91 Å². The van der Waals surface area contributed by atoms with E-state index in [0.717, 1.165) is 27.8 Å². The molecule has 0 spiro atoms. The molecule has 0 atom stereocenters. The maximum atomic E-state index is 13.9. The molecular weight excluding hydrogens is 401 g/mol. The van der Waals surface area contributed by atoms with Gasteiger partial charge in [-0.2, -0.15) is 0 Å². The van der Waals surface area contributed by atoms with Crippen LogP contribution in [-0.2, 0) is 6.42 Å². The molecular formula is C20H17F3N4OS. The van der Waals surface area contributed by atoms with E-state index in [9.17, 15) is 18.0 Å². The molecule has 0 N–H and O–H groups in total. The van der Waals surface area contributed by atoms with Crippen molar-refractivity contribution in [2.45, 2.75) is 6.42 Å². The van der Waals surface area contributed by atoms with E-state index in [1.807, 2.05) is 4.90 Å². The minimum atomic E-state index is -0.855. The molecule has 150 valence electrons. The van der Waals surface area contributed by atoms with Crippen LogP contribution in [0.15, 0.2) is 42.5 Å². The molecule has 4 rings (SSSR count). The molecule has 5 nitrogen and oxygen atoms in total. The third-order valence-electron chi connectivity index (χ3n) is 4.74. The van der Waals surface area contributed by atoms with Gasteiger partial charge in [0.15, 0.2) is 0 Å². The summed E-state index contributed by atoms with van der Waals surface area (Å²) in [5.74, 6) is -2.64.